The van der Waals surface area contributed by atoms with Crippen molar-refractivity contribution in [2.24, 2.45) is 0 Å². The maximum atomic E-state index is 12.7. The number of aryl methyl sites for hydroxylation is 1. The van der Waals surface area contributed by atoms with Crippen LogP contribution in [0.25, 0.3) is 0 Å². The zero-order chi connectivity index (χ0) is 22.6. The molecule has 0 spiro atoms. The number of ether oxygens (including phenoxy) is 1. The molecule has 0 aliphatic heterocycles. The second kappa shape index (κ2) is 9.01. The lowest BCUT2D eigenvalue weighted by Gasteiger charge is -2.12. The first-order valence-electron chi connectivity index (χ1n) is 9.40. The molecule has 3 aromatic rings. The Balaban J connectivity index is 1.84. The molecule has 0 atom stereocenters. The van der Waals surface area contributed by atoms with Crippen molar-refractivity contribution in [1.29, 1.82) is 0 Å². The van der Waals surface area contributed by atoms with Crippen molar-refractivity contribution in [2.75, 3.05) is 17.1 Å². The van der Waals surface area contributed by atoms with Gasteiger partial charge in [-0.25, -0.2) is 13.2 Å². The molecular weight excluding hydrogens is 416 g/mol. The molecule has 2 N–H and O–H groups in total. The van der Waals surface area contributed by atoms with Gasteiger partial charge in [0.25, 0.3) is 15.9 Å². The van der Waals surface area contributed by atoms with Gasteiger partial charge in [0, 0.05) is 16.9 Å². The Bertz CT molecular complexity index is 1240. The molecule has 0 heterocycles. The van der Waals surface area contributed by atoms with Gasteiger partial charge in [-0.15, -0.1) is 0 Å². The first-order chi connectivity index (χ1) is 14.7. The van der Waals surface area contributed by atoms with E-state index in [-0.39, 0.29) is 10.5 Å². The lowest BCUT2D eigenvalue weighted by Crippen LogP contribution is -2.17. The first-order valence-corrected chi connectivity index (χ1v) is 10.9. The van der Waals surface area contributed by atoms with Crippen molar-refractivity contribution in [1.82, 2.24) is 0 Å². The van der Waals surface area contributed by atoms with Crippen molar-refractivity contribution in [3.8, 4) is 0 Å². The number of carbonyl (C=O) groups is 2. The minimum absolute atomic E-state index is 0.0410. The third-order valence-corrected chi connectivity index (χ3v) is 6.08. The summed E-state index contributed by atoms with van der Waals surface area (Å²) in [5.74, 6) is -1.01. The maximum absolute atomic E-state index is 12.7. The molecule has 31 heavy (non-hydrogen) atoms. The molecule has 0 unspecified atom stereocenters. The van der Waals surface area contributed by atoms with Crippen LogP contribution in [-0.4, -0.2) is 27.4 Å². The number of sulfonamides is 1. The molecule has 0 aliphatic carbocycles. The summed E-state index contributed by atoms with van der Waals surface area (Å²) >= 11 is 0. The van der Waals surface area contributed by atoms with Gasteiger partial charge in [-0.3, -0.25) is 9.52 Å². The van der Waals surface area contributed by atoms with E-state index in [4.69, 9.17) is 4.74 Å². The van der Waals surface area contributed by atoms with Gasteiger partial charge in [0.1, 0.15) is 0 Å². The molecule has 0 bridgehead atoms. The summed E-state index contributed by atoms with van der Waals surface area (Å²) in [5.41, 5.74) is 2.91. The van der Waals surface area contributed by atoms with Crippen LogP contribution < -0.4 is 10.0 Å². The molecule has 0 aromatic heterocycles. The van der Waals surface area contributed by atoms with Crippen LogP contribution in [0.3, 0.4) is 0 Å². The summed E-state index contributed by atoms with van der Waals surface area (Å²) in [5, 5.41) is 2.72. The summed E-state index contributed by atoms with van der Waals surface area (Å²) in [6, 6.07) is 17.5. The predicted octanol–water partition coefficient (Wildman–Crippen LogP) is 4.14. The van der Waals surface area contributed by atoms with Crippen LogP contribution in [0.5, 0.6) is 0 Å². The Labute approximate surface area is 181 Å². The van der Waals surface area contributed by atoms with Gasteiger partial charge in [-0.2, -0.15) is 0 Å². The van der Waals surface area contributed by atoms with Crippen molar-refractivity contribution < 1.29 is 22.7 Å². The number of hydrogen-bond donors (Lipinski definition) is 2. The highest BCUT2D eigenvalue weighted by molar-refractivity contribution is 7.92. The molecule has 0 fully saturated rings. The van der Waals surface area contributed by atoms with Gasteiger partial charge in [0.2, 0.25) is 0 Å². The Morgan fingerprint density at radius 2 is 1.58 bits per heavy atom. The molecular formula is C23H22N2O5S. The number of amides is 1. The fourth-order valence-corrected chi connectivity index (χ4v) is 4.04. The third-order valence-electron chi connectivity index (χ3n) is 4.70. The summed E-state index contributed by atoms with van der Waals surface area (Å²) in [7, 11) is -2.59. The number of rotatable bonds is 6. The minimum Gasteiger partial charge on any atom is -0.465 e. The van der Waals surface area contributed by atoms with Gasteiger partial charge in [0.05, 0.1) is 17.6 Å². The number of carbonyl (C=O) groups excluding carboxylic acids is 2. The molecule has 3 aromatic carbocycles. The monoisotopic (exact) mass is 438 g/mol. The van der Waals surface area contributed by atoms with E-state index in [1.165, 1.54) is 31.4 Å². The highest BCUT2D eigenvalue weighted by Crippen LogP contribution is 2.22. The SMILES string of the molecule is COC(=O)c1cccc(NC(=O)c2cccc(S(=O)(=O)Nc3ccc(C)cc3)c2)c1C. The quantitative estimate of drug-likeness (QED) is 0.563. The number of hydrogen-bond acceptors (Lipinski definition) is 5. The lowest BCUT2D eigenvalue weighted by atomic mass is 10.1. The van der Waals surface area contributed by atoms with Gasteiger partial charge in [-0.05, 0) is 61.9 Å². The first kappa shape index (κ1) is 22.0. The van der Waals surface area contributed by atoms with E-state index in [2.05, 4.69) is 10.0 Å². The highest BCUT2D eigenvalue weighted by atomic mass is 32.2. The molecule has 1 amide bonds. The zero-order valence-corrected chi connectivity index (χ0v) is 18.1. The summed E-state index contributed by atoms with van der Waals surface area (Å²) < 4.78 is 32.7. The topological polar surface area (TPSA) is 102 Å². The smallest absolute Gasteiger partial charge is 0.338 e. The van der Waals surface area contributed by atoms with E-state index in [9.17, 15) is 18.0 Å². The van der Waals surface area contributed by atoms with Crippen molar-refractivity contribution >= 4 is 33.3 Å². The number of esters is 1. The standard InChI is InChI=1S/C23H22N2O5S/c1-15-10-12-18(13-11-15)25-31(28,29)19-7-4-6-17(14-19)22(26)24-21-9-5-8-20(16(21)2)23(27)30-3/h4-14,25H,1-3H3,(H,24,26). The van der Waals surface area contributed by atoms with Gasteiger partial charge >= 0.3 is 5.97 Å². The molecule has 8 heteroatoms. The molecule has 7 nitrogen and oxygen atoms in total. The average Bonchev–Trinajstić information content (AvgIpc) is 2.76. The molecule has 160 valence electrons. The Hall–Kier alpha value is -3.65. The minimum atomic E-state index is -3.88. The van der Waals surface area contributed by atoms with Crippen LogP contribution in [0.15, 0.2) is 71.6 Å². The fraction of sp³-hybridized carbons (Fsp3) is 0.130. The Kier molecular flexibility index (Phi) is 6.41. The van der Waals surface area contributed by atoms with Crippen molar-refractivity contribution in [2.45, 2.75) is 18.7 Å². The molecule has 0 saturated heterocycles. The normalized spacial score (nSPS) is 10.9. The summed E-state index contributed by atoms with van der Waals surface area (Å²) in [6.07, 6.45) is 0. The van der Waals surface area contributed by atoms with Crippen LogP contribution in [0, 0.1) is 13.8 Å². The van der Waals surface area contributed by atoms with E-state index in [0.717, 1.165) is 5.56 Å². The van der Waals surface area contributed by atoms with E-state index < -0.39 is 21.9 Å². The maximum Gasteiger partial charge on any atom is 0.338 e. The van der Waals surface area contributed by atoms with E-state index in [0.29, 0.717) is 22.5 Å². The van der Waals surface area contributed by atoms with Crippen LogP contribution >= 0.6 is 0 Å². The Morgan fingerprint density at radius 1 is 0.903 bits per heavy atom. The van der Waals surface area contributed by atoms with E-state index in [1.807, 2.05) is 6.92 Å². The van der Waals surface area contributed by atoms with Crippen molar-refractivity contribution in [3.05, 3.63) is 89.0 Å². The molecule has 0 saturated carbocycles. The molecule has 0 radical (unpaired) electrons. The second-order valence-electron chi connectivity index (χ2n) is 6.92. The van der Waals surface area contributed by atoms with E-state index >= 15 is 0 Å². The largest absolute Gasteiger partial charge is 0.465 e. The lowest BCUT2D eigenvalue weighted by molar-refractivity contribution is 0.0599. The number of methoxy groups -OCH3 is 1. The van der Waals surface area contributed by atoms with E-state index in [1.54, 1.807) is 49.4 Å². The van der Waals surface area contributed by atoms with Crippen LogP contribution in [0.2, 0.25) is 0 Å². The number of nitrogens with one attached hydrogen (secondary N) is 2. The van der Waals surface area contributed by atoms with Crippen LogP contribution in [-0.2, 0) is 14.8 Å². The second-order valence-corrected chi connectivity index (χ2v) is 8.61. The van der Waals surface area contributed by atoms with Gasteiger partial charge < -0.3 is 10.1 Å². The third kappa shape index (κ3) is 5.10. The van der Waals surface area contributed by atoms with Gasteiger partial charge in [0.15, 0.2) is 0 Å². The summed E-state index contributed by atoms with van der Waals surface area (Å²) in [4.78, 5) is 24.6. The average molecular weight is 439 g/mol. The van der Waals surface area contributed by atoms with Crippen molar-refractivity contribution in [3.63, 3.8) is 0 Å². The molecule has 0 aliphatic rings. The fourth-order valence-electron chi connectivity index (χ4n) is 2.94. The number of benzene rings is 3. The predicted molar refractivity (Wildman–Crippen MR) is 119 cm³/mol. The number of anilines is 2. The zero-order valence-electron chi connectivity index (χ0n) is 17.3. The Morgan fingerprint density at radius 3 is 2.26 bits per heavy atom. The van der Waals surface area contributed by atoms with Gasteiger partial charge in [-0.1, -0.05) is 29.8 Å². The van der Waals surface area contributed by atoms with Crippen LogP contribution in [0.4, 0.5) is 11.4 Å². The molecule has 3 rings (SSSR count). The van der Waals surface area contributed by atoms with Crippen LogP contribution in [0.1, 0.15) is 31.8 Å². The summed E-state index contributed by atoms with van der Waals surface area (Å²) in [6.45, 7) is 3.59. The highest BCUT2D eigenvalue weighted by Gasteiger charge is 2.18.